The summed E-state index contributed by atoms with van der Waals surface area (Å²) in [5.74, 6) is 0. The molecule has 0 bridgehead atoms. The third-order valence-corrected chi connectivity index (χ3v) is 3.61. The minimum Gasteiger partial charge on any atom is -0.465 e. The number of rotatable bonds is 2. The lowest BCUT2D eigenvalue weighted by molar-refractivity contribution is 0.175. The lowest BCUT2D eigenvalue weighted by Gasteiger charge is -2.32. The number of halogens is 1. The monoisotopic (exact) mass is 299 g/mol. The summed E-state index contributed by atoms with van der Waals surface area (Å²) < 4.78 is 0.997. The van der Waals surface area contributed by atoms with Crippen molar-refractivity contribution in [1.82, 2.24) is 5.32 Å². The first-order chi connectivity index (χ1) is 7.73. The van der Waals surface area contributed by atoms with Gasteiger partial charge in [0.1, 0.15) is 0 Å². The normalized spacial score (nSPS) is 13.2. The first kappa shape index (κ1) is 14.0. The van der Waals surface area contributed by atoms with Gasteiger partial charge in [-0.05, 0) is 29.5 Å². The van der Waals surface area contributed by atoms with Gasteiger partial charge in [0.2, 0.25) is 0 Å². The second-order valence-corrected chi connectivity index (χ2v) is 6.06. The van der Waals surface area contributed by atoms with Crippen LogP contribution in [0.15, 0.2) is 22.7 Å². The largest absolute Gasteiger partial charge is 0.465 e. The highest BCUT2D eigenvalue weighted by atomic mass is 79.9. The number of hydrogen-bond acceptors (Lipinski definition) is 1. The SMILES string of the molecule is Cc1c(Br)cccc1C(NC(=O)O)C(C)(C)C. The van der Waals surface area contributed by atoms with Gasteiger partial charge in [-0.1, -0.05) is 48.8 Å². The number of nitrogens with one attached hydrogen (secondary N) is 1. The van der Waals surface area contributed by atoms with Crippen LogP contribution in [0.2, 0.25) is 0 Å². The lowest BCUT2D eigenvalue weighted by atomic mass is 9.81. The Labute approximate surface area is 110 Å². The molecule has 94 valence electrons. The third kappa shape index (κ3) is 3.46. The lowest BCUT2D eigenvalue weighted by Crippen LogP contribution is -2.36. The Balaban J connectivity index is 3.22. The van der Waals surface area contributed by atoms with Gasteiger partial charge in [-0.2, -0.15) is 0 Å². The molecule has 0 aromatic heterocycles. The molecule has 0 radical (unpaired) electrons. The van der Waals surface area contributed by atoms with Crippen LogP contribution in [0.4, 0.5) is 4.79 Å². The maximum atomic E-state index is 10.9. The summed E-state index contributed by atoms with van der Waals surface area (Å²) in [6.07, 6.45) is -0.996. The van der Waals surface area contributed by atoms with Crippen molar-refractivity contribution in [3.8, 4) is 0 Å². The highest BCUT2D eigenvalue weighted by Gasteiger charge is 2.29. The van der Waals surface area contributed by atoms with Gasteiger partial charge in [0.15, 0.2) is 0 Å². The molecule has 1 amide bonds. The topological polar surface area (TPSA) is 49.3 Å². The molecule has 0 aliphatic rings. The predicted molar refractivity (Wildman–Crippen MR) is 72.2 cm³/mol. The first-order valence-electron chi connectivity index (χ1n) is 5.48. The molecule has 1 aromatic rings. The zero-order valence-electron chi connectivity index (χ0n) is 10.5. The van der Waals surface area contributed by atoms with E-state index >= 15 is 0 Å². The molecule has 2 N–H and O–H groups in total. The second-order valence-electron chi connectivity index (χ2n) is 5.20. The van der Waals surface area contributed by atoms with Crippen molar-refractivity contribution in [2.24, 2.45) is 5.41 Å². The molecule has 17 heavy (non-hydrogen) atoms. The van der Waals surface area contributed by atoms with Gasteiger partial charge in [0.25, 0.3) is 0 Å². The van der Waals surface area contributed by atoms with E-state index in [1.54, 1.807) is 0 Å². The quantitative estimate of drug-likeness (QED) is 0.863. The van der Waals surface area contributed by atoms with E-state index in [-0.39, 0.29) is 11.5 Å². The van der Waals surface area contributed by atoms with Gasteiger partial charge < -0.3 is 10.4 Å². The molecule has 0 aliphatic carbocycles. The van der Waals surface area contributed by atoms with Crippen molar-refractivity contribution in [1.29, 1.82) is 0 Å². The van der Waals surface area contributed by atoms with E-state index in [1.165, 1.54) is 0 Å². The molecule has 1 aromatic carbocycles. The smallest absolute Gasteiger partial charge is 0.405 e. The minimum atomic E-state index is -0.996. The van der Waals surface area contributed by atoms with Crippen LogP contribution in [0.5, 0.6) is 0 Å². The average molecular weight is 300 g/mol. The van der Waals surface area contributed by atoms with Crippen LogP contribution in [0, 0.1) is 12.3 Å². The van der Waals surface area contributed by atoms with Crippen molar-refractivity contribution in [2.45, 2.75) is 33.7 Å². The van der Waals surface area contributed by atoms with Crippen LogP contribution in [0.25, 0.3) is 0 Å². The number of carboxylic acid groups (broad SMARTS) is 1. The van der Waals surface area contributed by atoms with Gasteiger partial charge in [-0.3, -0.25) is 0 Å². The van der Waals surface area contributed by atoms with E-state index in [0.29, 0.717) is 0 Å². The van der Waals surface area contributed by atoms with Crippen molar-refractivity contribution < 1.29 is 9.90 Å². The summed E-state index contributed by atoms with van der Waals surface area (Å²) in [6.45, 7) is 8.05. The highest BCUT2D eigenvalue weighted by Crippen LogP contribution is 2.36. The Morgan fingerprint density at radius 1 is 1.41 bits per heavy atom. The van der Waals surface area contributed by atoms with Gasteiger partial charge in [-0.15, -0.1) is 0 Å². The van der Waals surface area contributed by atoms with Gasteiger partial charge >= 0.3 is 6.09 Å². The zero-order chi connectivity index (χ0) is 13.2. The Morgan fingerprint density at radius 2 is 2.00 bits per heavy atom. The Hall–Kier alpha value is -1.03. The van der Waals surface area contributed by atoms with E-state index in [4.69, 9.17) is 5.11 Å². The standard InChI is InChI=1S/C13H18BrNO2/c1-8-9(6-5-7-10(8)14)11(13(2,3)4)15-12(16)17/h5-7,11,15H,1-4H3,(H,16,17). The van der Waals surface area contributed by atoms with Crippen molar-refractivity contribution in [2.75, 3.05) is 0 Å². The number of carbonyl (C=O) groups is 1. The molecule has 0 fully saturated rings. The summed E-state index contributed by atoms with van der Waals surface area (Å²) >= 11 is 3.47. The fourth-order valence-corrected chi connectivity index (χ4v) is 2.20. The number of amides is 1. The van der Waals surface area contributed by atoms with E-state index < -0.39 is 6.09 Å². The molecule has 0 saturated carbocycles. The molecule has 0 spiro atoms. The van der Waals surface area contributed by atoms with Crippen molar-refractivity contribution >= 4 is 22.0 Å². The van der Waals surface area contributed by atoms with Gasteiger partial charge in [0, 0.05) is 4.47 Å². The molecule has 3 nitrogen and oxygen atoms in total. The van der Waals surface area contributed by atoms with E-state index in [1.807, 2.05) is 45.9 Å². The van der Waals surface area contributed by atoms with E-state index in [9.17, 15) is 4.79 Å². The summed E-state index contributed by atoms with van der Waals surface area (Å²) in [4.78, 5) is 10.9. The average Bonchev–Trinajstić information content (AvgIpc) is 2.17. The van der Waals surface area contributed by atoms with Crippen LogP contribution in [-0.2, 0) is 0 Å². The number of hydrogen-bond donors (Lipinski definition) is 2. The Morgan fingerprint density at radius 3 is 2.47 bits per heavy atom. The van der Waals surface area contributed by atoms with Crippen molar-refractivity contribution in [3.05, 3.63) is 33.8 Å². The highest BCUT2D eigenvalue weighted by molar-refractivity contribution is 9.10. The van der Waals surface area contributed by atoms with Crippen LogP contribution in [-0.4, -0.2) is 11.2 Å². The molecule has 1 unspecified atom stereocenters. The van der Waals surface area contributed by atoms with E-state index in [0.717, 1.165) is 15.6 Å². The molecule has 0 saturated heterocycles. The summed E-state index contributed by atoms with van der Waals surface area (Å²) in [5.41, 5.74) is 1.90. The fraction of sp³-hybridized carbons (Fsp3) is 0.462. The first-order valence-corrected chi connectivity index (χ1v) is 6.27. The summed E-state index contributed by atoms with van der Waals surface area (Å²) in [5, 5.41) is 11.5. The molecule has 0 aliphatic heterocycles. The van der Waals surface area contributed by atoms with Crippen LogP contribution < -0.4 is 5.32 Å². The van der Waals surface area contributed by atoms with Crippen LogP contribution in [0.3, 0.4) is 0 Å². The molecular formula is C13H18BrNO2. The predicted octanol–water partition coefficient (Wildman–Crippen LogP) is 4.11. The Bertz CT molecular complexity index is 424. The maximum absolute atomic E-state index is 10.9. The summed E-state index contributed by atoms with van der Waals surface area (Å²) in [7, 11) is 0. The molecule has 1 atom stereocenters. The van der Waals surface area contributed by atoms with Crippen molar-refractivity contribution in [3.63, 3.8) is 0 Å². The maximum Gasteiger partial charge on any atom is 0.405 e. The number of benzene rings is 1. The van der Waals surface area contributed by atoms with Crippen LogP contribution in [0.1, 0.15) is 37.9 Å². The van der Waals surface area contributed by atoms with Crippen LogP contribution >= 0.6 is 15.9 Å². The fourth-order valence-electron chi connectivity index (χ4n) is 1.82. The summed E-state index contributed by atoms with van der Waals surface area (Å²) in [6, 6.07) is 5.62. The van der Waals surface area contributed by atoms with Gasteiger partial charge in [0.05, 0.1) is 6.04 Å². The molecule has 1 rings (SSSR count). The van der Waals surface area contributed by atoms with Gasteiger partial charge in [-0.25, -0.2) is 4.79 Å². The zero-order valence-corrected chi connectivity index (χ0v) is 12.1. The molecule has 4 heteroatoms. The van der Waals surface area contributed by atoms with E-state index in [2.05, 4.69) is 21.2 Å². The Kier molecular flexibility index (Phi) is 4.20. The third-order valence-electron chi connectivity index (χ3n) is 2.75. The molecule has 0 heterocycles. The second kappa shape index (κ2) is 5.08. The molecular weight excluding hydrogens is 282 g/mol. The minimum absolute atomic E-state index is 0.177.